The Bertz CT molecular complexity index is 762. The number of rotatable bonds is 3. The van der Waals surface area contributed by atoms with Crippen molar-refractivity contribution in [1.82, 2.24) is 14.6 Å². The predicted octanol–water partition coefficient (Wildman–Crippen LogP) is 2.02. The first-order valence-electron chi connectivity index (χ1n) is 5.54. The number of aromatic hydroxyl groups is 1. The summed E-state index contributed by atoms with van der Waals surface area (Å²) in [5, 5.41) is 16.9. The van der Waals surface area contributed by atoms with E-state index in [1.165, 1.54) is 11.3 Å². The summed E-state index contributed by atoms with van der Waals surface area (Å²) in [5.41, 5.74) is 1.11. The van der Waals surface area contributed by atoms with E-state index >= 15 is 0 Å². The van der Waals surface area contributed by atoms with Crippen molar-refractivity contribution in [3.8, 4) is 15.8 Å². The van der Waals surface area contributed by atoms with Crippen molar-refractivity contribution in [2.24, 2.45) is 0 Å². The van der Waals surface area contributed by atoms with E-state index in [9.17, 15) is 9.90 Å². The molecule has 3 heterocycles. The lowest BCUT2D eigenvalue weighted by atomic mass is 10.3. The molecule has 3 aromatic heterocycles. The monoisotopic (exact) mass is 274 g/mol. The number of aromatic nitrogens is 3. The molecule has 0 aliphatic heterocycles. The molecule has 0 spiro atoms. The van der Waals surface area contributed by atoms with Gasteiger partial charge in [0.2, 0.25) is 0 Å². The number of carbonyl (C=O) groups is 1. The van der Waals surface area contributed by atoms with E-state index in [0.29, 0.717) is 22.9 Å². The van der Waals surface area contributed by atoms with Crippen molar-refractivity contribution in [3.63, 3.8) is 0 Å². The first-order valence-corrected chi connectivity index (χ1v) is 6.36. The molecule has 0 unspecified atom stereocenters. The molecule has 2 N–H and O–H groups in total. The van der Waals surface area contributed by atoms with Crippen LogP contribution < -0.4 is 5.32 Å². The van der Waals surface area contributed by atoms with Crippen molar-refractivity contribution < 1.29 is 9.90 Å². The first-order chi connectivity index (χ1) is 9.21. The smallest absolute Gasteiger partial charge is 0.192 e. The van der Waals surface area contributed by atoms with Crippen molar-refractivity contribution in [2.45, 2.75) is 0 Å². The number of nitrogens with one attached hydrogen (secondary N) is 1. The van der Waals surface area contributed by atoms with Crippen LogP contribution in [0.2, 0.25) is 0 Å². The summed E-state index contributed by atoms with van der Waals surface area (Å²) in [6, 6.07) is 6.72. The highest BCUT2D eigenvalue weighted by molar-refractivity contribution is 7.17. The number of aldehydes is 1. The van der Waals surface area contributed by atoms with Gasteiger partial charge in [0.25, 0.3) is 0 Å². The molecule has 19 heavy (non-hydrogen) atoms. The normalized spacial score (nSPS) is 10.8. The summed E-state index contributed by atoms with van der Waals surface area (Å²) < 4.78 is 1.62. The fourth-order valence-corrected chi connectivity index (χ4v) is 2.48. The van der Waals surface area contributed by atoms with Gasteiger partial charge in [-0.2, -0.15) is 4.52 Å². The molecule has 3 rings (SSSR count). The minimum absolute atomic E-state index is 0.219. The van der Waals surface area contributed by atoms with E-state index in [1.54, 1.807) is 35.8 Å². The standard InChI is InChI=1S/C12H10N4O2S/c1-13-9-4-7(6-17)5-10-14-12(15-16(9)10)8-2-3-11(18)19-8/h2-6,13,18H,1H3. The highest BCUT2D eigenvalue weighted by Crippen LogP contribution is 2.30. The van der Waals surface area contributed by atoms with Crippen LogP contribution in [0, 0.1) is 0 Å². The zero-order valence-corrected chi connectivity index (χ0v) is 10.8. The summed E-state index contributed by atoms with van der Waals surface area (Å²) >= 11 is 1.21. The Labute approximate surface area is 112 Å². The second-order valence-electron chi connectivity index (χ2n) is 3.89. The van der Waals surface area contributed by atoms with Crippen LogP contribution in [0.25, 0.3) is 16.3 Å². The van der Waals surface area contributed by atoms with Crippen LogP contribution in [0.15, 0.2) is 24.3 Å². The molecule has 7 heteroatoms. The zero-order chi connectivity index (χ0) is 13.4. The first kappa shape index (κ1) is 11.7. The quantitative estimate of drug-likeness (QED) is 0.714. The maximum atomic E-state index is 10.9. The Hall–Kier alpha value is -2.41. The molecule has 6 nitrogen and oxygen atoms in total. The highest BCUT2D eigenvalue weighted by atomic mass is 32.1. The third kappa shape index (κ3) is 1.93. The largest absolute Gasteiger partial charge is 0.499 e. The van der Waals surface area contributed by atoms with Crippen LogP contribution >= 0.6 is 11.3 Å². The third-order valence-electron chi connectivity index (χ3n) is 2.66. The molecule has 0 aromatic carbocycles. The number of hydrogen-bond acceptors (Lipinski definition) is 6. The summed E-state index contributed by atoms with van der Waals surface area (Å²) in [6.07, 6.45) is 0.770. The molecular formula is C12H10N4O2S. The van der Waals surface area contributed by atoms with Gasteiger partial charge < -0.3 is 10.4 Å². The van der Waals surface area contributed by atoms with Crippen LogP contribution in [0.1, 0.15) is 10.4 Å². The molecule has 0 aliphatic rings. The molecule has 0 saturated heterocycles. The van der Waals surface area contributed by atoms with Crippen molar-refractivity contribution in [1.29, 1.82) is 0 Å². The molecule has 0 fully saturated rings. The van der Waals surface area contributed by atoms with Crippen LogP contribution in [-0.2, 0) is 0 Å². The lowest BCUT2D eigenvalue weighted by Crippen LogP contribution is -2.00. The summed E-state index contributed by atoms with van der Waals surface area (Å²) in [4.78, 5) is 16.0. The van der Waals surface area contributed by atoms with Crippen molar-refractivity contribution in [2.75, 3.05) is 12.4 Å². The topological polar surface area (TPSA) is 79.5 Å². The van der Waals surface area contributed by atoms with E-state index in [-0.39, 0.29) is 5.06 Å². The van der Waals surface area contributed by atoms with Crippen LogP contribution in [0.3, 0.4) is 0 Å². The van der Waals surface area contributed by atoms with Crippen molar-refractivity contribution in [3.05, 3.63) is 29.8 Å². The minimum atomic E-state index is 0.219. The number of fused-ring (bicyclic) bond motifs is 1. The summed E-state index contributed by atoms with van der Waals surface area (Å²) in [5.74, 6) is 1.20. The van der Waals surface area contributed by atoms with Gasteiger partial charge in [0.1, 0.15) is 12.1 Å². The Morgan fingerprint density at radius 3 is 2.89 bits per heavy atom. The molecule has 0 amide bonds. The molecule has 3 aromatic rings. The maximum absolute atomic E-state index is 10.9. The van der Waals surface area contributed by atoms with Gasteiger partial charge in [-0.05, 0) is 24.3 Å². The number of carbonyl (C=O) groups excluding carboxylic acids is 1. The summed E-state index contributed by atoms with van der Waals surface area (Å²) in [7, 11) is 1.75. The molecular weight excluding hydrogens is 264 g/mol. The van der Waals surface area contributed by atoms with Gasteiger partial charge in [-0.25, -0.2) is 4.98 Å². The average molecular weight is 274 g/mol. The van der Waals surface area contributed by atoms with Gasteiger partial charge in [0.15, 0.2) is 16.5 Å². The van der Waals surface area contributed by atoms with Crippen LogP contribution in [0.4, 0.5) is 5.82 Å². The lowest BCUT2D eigenvalue weighted by molar-refractivity contribution is 0.112. The minimum Gasteiger partial charge on any atom is -0.499 e. The van der Waals surface area contributed by atoms with Gasteiger partial charge in [0.05, 0.1) is 4.88 Å². The number of nitrogens with zero attached hydrogens (tertiary/aromatic N) is 3. The van der Waals surface area contributed by atoms with E-state index in [2.05, 4.69) is 15.4 Å². The van der Waals surface area contributed by atoms with E-state index < -0.39 is 0 Å². The predicted molar refractivity (Wildman–Crippen MR) is 72.9 cm³/mol. The molecule has 96 valence electrons. The zero-order valence-electron chi connectivity index (χ0n) is 9.99. The SMILES string of the molecule is CNc1cc(C=O)cc2nc(-c3ccc(O)s3)nn12. The number of thiophene rings is 1. The number of pyridine rings is 1. The van der Waals surface area contributed by atoms with Gasteiger partial charge in [-0.1, -0.05) is 11.3 Å². The Balaban J connectivity index is 2.22. The number of anilines is 1. The van der Waals surface area contributed by atoms with Gasteiger partial charge in [0, 0.05) is 12.6 Å². The average Bonchev–Trinajstić information content (AvgIpc) is 3.02. The van der Waals surface area contributed by atoms with Crippen molar-refractivity contribution >= 4 is 29.1 Å². The summed E-state index contributed by atoms with van der Waals surface area (Å²) in [6.45, 7) is 0. The molecule has 0 atom stereocenters. The Morgan fingerprint density at radius 2 is 2.26 bits per heavy atom. The lowest BCUT2D eigenvalue weighted by Gasteiger charge is -2.02. The Morgan fingerprint density at radius 1 is 1.42 bits per heavy atom. The van der Waals surface area contributed by atoms with Gasteiger partial charge in [-0.15, -0.1) is 5.10 Å². The fraction of sp³-hybridized carbons (Fsp3) is 0.0833. The highest BCUT2D eigenvalue weighted by Gasteiger charge is 2.12. The third-order valence-corrected chi connectivity index (χ3v) is 3.55. The van der Waals surface area contributed by atoms with E-state index in [1.807, 2.05) is 0 Å². The molecule has 0 radical (unpaired) electrons. The maximum Gasteiger partial charge on any atom is 0.192 e. The van der Waals surface area contributed by atoms with Gasteiger partial charge in [-0.3, -0.25) is 4.79 Å². The van der Waals surface area contributed by atoms with E-state index in [0.717, 1.165) is 11.2 Å². The molecule has 0 saturated carbocycles. The Kier molecular flexibility index (Phi) is 2.68. The van der Waals surface area contributed by atoms with Gasteiger partial charge >= 0.3 is 0 Å². The molecule has 0 bridgehead atoms. The fourth-order valence-electron chi connectivity index (χ4n) is 1.80. The number of hydrogen-bond donors (Lipinski definition) is 2. The second kappa shape index (κ2) is 4.36. The second-order valence-corrected chi connectivity index (χ2v) is 4.95. The van der Waals surface area contributed by atoms with E-state index in [4.69, 9.17) is 0 Å². The molecule has 0 aliphatic carbocycles. The van der Waals surface area contributed by atoms with Crippen LogP contribution in [-0.4, -0.2) is 33.0 Å². The van der Waals surface area contributed by atoms with Crippen LogP contribution in [0.5, 0.6) is 5.06 Å².